The minimum atomic E-state index is -1.61. The molecule has 2 saturated heterocycles. The van der Waals surface area contributed by atoms with Crippen molar-refractivity contribution < 1.29 is 58.4 Å². The normalized spacial score (nSPS) is 23.7. The lowest BCUT2D eigenvalue weighted by molar-refractivity contribution is -0.186. The molecule has 0 radical (unpaired) electrons. The zero-order valence-electron chi connectivity index (χ0n) is 40.5. The van der Waals surface area contributed by atoms with Crippen molar-refractivity contribution in [1.29, 1.82) is 0 Å². The monoisotopic (exact) mass is 1100 g/mol. The van der Waals surface area contributed by atoms with Crippen molar-refractivity contribution in [3.05, 3.63) is 42.5 Å². The molecule has 2 unspecified atom stereocenters. The fraction of sp³-hybridized carbons (Fsp3) is 0.617. The topological polar surface area (TPSA) is 329 Å². The van der Waals surface area contributed by atoms with Gasteiger partial charge < -0.3 is 61.7 Å². The molecule has 9 atom stereocenters. The van der Waals surface area contributed by atoms with Crippen LogP contribution in [0.25, 0.3) is 11.2 Å². The van der Waals surface area contributed by atoms with Gasteiger partial charge in [0.25, 0.3) is 0 Å². The number of fused-ring (bicyclic) bond motifs is 1. The number of benzene rings is 1. The molecule has 1 aliphatic carbocycles. The van der Waals surface area contributed by atoms with Gasteiger partial charge in [0.15, 0.2) is 17.7 Å². The van der Waals surface area contributed by atoms with E-state index in [4.69, 9.17) is 9.47 Å². The maximum absolute atomic E-state index is 13.9. The number of carbonyl (C=O) groups is 7. The highest BCUT2D eigenvalue weighted by Crippen LogP contribution is 2.43. The number of amides is 7. The van der Waals surface area contributed by atoms with Crippen LogP contribution in [0.1, 0.15) is 104 Å². The Morgan fingerprint density at radius 1 is 1.00 bits per heavy atom. The fourth-order valence-corrected chi connectivity index (χ4v) is 10.0. The molecule has 23 nitrogen and oxygen atoms in total. The number of likely N-dealkylation sites (tertiary alicyclic amines) is 1. The number of alkyl halides is 1. The number of imidazole rings is 1. The summed E-state index contributed by atoms with van der Waals surface area (Å²) in [5, 5.41) is 48.8. The number of H-pyrrole nitrogens is 1. The number of rotatable bonds is 22. The Kier molecular flexibility index (Phi) is 18.7. The van der Waals surface area contributed by atoms with Crippen molar-refractivity contribution >= 4 is 86.8 Å². The molecule has 3 aromatic rings. The van der Waals surface area contributed by atoms with Gasteiger partial charge in [0, 0.05) is 28.5 Å². The summed E-state index contributed by atoms with van der Waals surface area (Å²) in [5.74, 6) is -3.47. The van der Waals surface area contributed by atoms with Gasteiger partial charge in [-0.1, -0.05) is 88.1 Å². The van der Waals surface area contributed by atoms with Crippen LogP contribution in [0.2, 0.25) is 0 Å². The highest BCUT2D eigenvalue weighted by Gasteiger charge is 2.51. The number of alkyl carbamates (subject to hydrolysis) is 1. The van der Waals surface area contributed by atoms with Gasteiger partial charge in [0.05, 0.1) is 24.9 Å². The van der Waals surface area contributed by atoms with Gasteiger partial charge in [0.2, 0.25) is 35.4 Å². The van der Waals surface area contributed by atoms with Gasteiger partial charge >= 0.3 is 6.09 Å². The van der Waals surface area contributed by atoms with Crippen LogP contribution in [0.3, 0.4) is 0 Å². The third-order valence-corrected chi connectivity index (χ3v) is 15.6. The number of hydrogen-bond donors (Lipinski definition) is 10. The Morgan fingerprint density at radius 3 is 2.38 bits per heavy atom. The van der Waals surface area contributed by atoms with E-state index < -0.39 is 90.5 Å². The number of nitrogens with one attached hydrogen (secondary N) is 7. The second kappa shape index (κ2) is 24.2. The van der Waals surface area contributed by atoms with E-state index in [0.717, 1.165) is 30.6 Å². The minimum absolute atomic E-state index is 0.0964. The number of halogens is 1. The van der Waals surface area contributed by atoms with Gasteiger partial charge in [-0.15, -0.1) is 0 Å². The first kappa shape index (κ1) is 54.8. The number of aromatic nitrogens is 4. The number of anilines is 2. The zero-order valence-corrected chi connectivity index (χ0v) is 42.7. The Bertz CT molecular complexity index is 2380. The van der Waals surface area contributed by atoms with Gasteiger partial charge in [-0.25, -0.2) is 19.7 Å². The van der Waals surface area contributed by atoms with Crippen molar-refractivity contribution in [3.63, 3.8) is 0 Å². The van der Waals surface area contributed by atoms with E-state index in [9.17, 15) is 48.9 Å². The Labute approximate surface area is 424 Å². The van der Waals surface area contributed by atoms with Crippen LogP contribution in [0.15, 0.2) is 36.9 Å². The van der Waals surface area contributed by atoms with Crippen LogP contribution >= 0.6 is 22.6 Å². The first-order chi connectivity index (χ1) is 33.8. The fourth-order valence-electron chi connectivity index (χ4n) is 9.17. The average Bonchev–Trinajstić information content (AvgIpc) is 4.11. The molecule has 71 heavy (non-hydrogen) atoms. The molecule has 3 aliphatic rings. The van der Waals surface area contributed by atoms with Crippen molar-refractivity contribution in [3.8, 4) is 0 Å². The minimum Gasteiger partial charge on any atom is -0.445 e. The number of unbranched alkanes of at least 4 members (excludes halogenated alkanes) is 1. The second-order valence-corrected chi connectivity index (χ2v) is 21.0. The van der Waals surface area contributed by atoms with Crippen LogP contribution in [-0.2, 0) is 44.8 Å². The number of nitrogens with zero attached hydrogens (tertiary/aromatic N) is 4. The molecule has 1 saturated carbocycles. The highest BCUT2D eigenvalue weighted by atomic mass is 127. The molecule has 0 bridgehead atoms. The summed E-state index contributed by atoms with van der Waals surface area (Å²) >= 11 is 2.32. The quantitative estimate of drug-likeness (QED) is 0.0391. The van der Waals surface area contributed by atoms with E-state index >= 15 is 0 Å². The van der Waals surface area contributed by atoms with Gasteiger partial charge in [-0.2, -0.15) is 0 Å². The van der Waals surface area contributed by atoms with E-state index in [1.54, 1.807) is 38.1 Å². The zero-order chi connectivity index (χ0) is 51.6. The smallest absolute Gasteiger partial charge is 0.408 e. The van der Waals surface area contributed by atoms with E-state index in [1.807, 2.05) is 6.92 Å². The second-order valence-electron chi connectivity index (χ2n) is 18.8. The van der Waals surface area contributed by atoms with Crippen LogP contribution in [0.4, 0.5) is 16.3 Å². The van der Waals surface area contributed by atoms with E-state index in [-0.39, 0.29) is 65.8 Å². The van der Waals surface area contributed by atoms with E-state index in [0.29, 0.717) is 35.3 Å². The molecule has 4 heterocycles. The first-order valence-electron chi connectivity index (χ1n) is 24.1. The van der Waals surface area contributed by atoms with Crippen molar-refractivity contribution in [2.45, 2.75) is 157 Å². The number of carbonyl (C=O) groups excluding carboxylic acids is 7. The highest BCUT2D eigenvalue weighted by molar-refractivity contribution is 14.1. The lowest BCUT2D eigenvalue weighted by Gasteiger charge is -2.43. The molecule has 10 N–H and O–H groups in total. The Hall–Kier alpha value is -5.57. The number of hydrogen-bond acceptors (Lipinski definition) is 16. The molecular weight excluding hydrogens is 1040 g/mol. The predicted octanol–water partition coefficient (Wildman–Crippen LogP) is 2.05. The third-order valence-electron chi connectivity index (χ3n) is 13.5. The van der Waals surface area contributed by atoms with E-state index in [2.05, 4.69) is 81.4 Å². The molecule has 6 rings (SSSR count). The summed E-state index contributed by atoms with van der Waals surface area (Å²) in [7, 11) is 0. The summed E-state index contributed by atoms with van der Waals surface area (Å²) in [6, 6.07) is 3.09. The number of aromatic amines is 1. The Balaban J connectivity index is 0.947. The molecule has 3 fully saturated rings. The van der Waals surface area contributed by atoms with Crippen molar-refractivity contribution in [2.75, 3.05) is 23.8 Å². The number of aliphatic hydroxyl groups is 3. The number of aliphatic hydroxyl groups excluding tert-OH is 3. The summed E-state index contributed by atoms with van der Waals surface area (Å²) in [6.45, 7) is 8.13. The molecule has 2 aromatic heterocycles. The van der Waals surface area contributed by atoms with Crippen molar-refractivity contribution in [1.82, 2.24) is 46.1 Å². The molecule has 7 amide bonds. The maximum Gasteiger partial charge on any atom is 0.408 e. The SMILES string of the molecule is CCCCC(I)(CC)C1CC(=O)N(CCC(=O)N[C@H](C(=O)N[C@@H](C)C(=O)Nc2ccc(COC(=O)NC3(C(=O)N[C@@H]4[C@@H](O)[C@H](O)[C@@H](Nc5ncnc6nc[nH]c56)O[C@H]4CO)CCCC3)cc2)C(C)C)C1=O. The summed E-state index contributed by atoms with van der Waals surface area (Å²) in [4.78, 5) is 109. The molecule has 24 heteroatoms. The average molecular weight is 1100 g/mol. The number of ether oxygens (including phenoxy) is 2. The van der Waals surface area contributed by atoms with Gasteiger partial charge in [0.1, 0.15) is 54.4 Å². The van der Waals surface area contributed by atoms with Crippen molar-refractivity contribution in [2.24, 2.45) is 11.8 Å². The first-order valence-corrected chi connectivity index (χ1v) is 25.2. The molecule has 388 valence electrons. The largest absolute Gasteiger partial charge is 0.445 e. The maximum atomic E-state index is 13.9. The third kappa shape index (κ3) is 13.1. The molecule has 1 aromatic carbocycles. The van der Waals surface area contributed by atoms with Crippen LogP contribution < -0.4 is 31.9 Å². The lowest BCUT2D eigenvalue weighted by atomic mass is 9.84. The molecule has 0 spiro atoms. The van der Waals surface area contributed by atoms with Gasteiger partial charge in [-0.05, 0) is 56.2 Å². The van der Waals surface area contributed by atoms with E-state index in [1.165, 1.54) is 19.6 Å². The van der Waals surface area contributed by atoms with Crippen LogP contribution in [0, 0.1) is 11.8 Å². The Morgan fingerprint density at radius 2 is 1.72 bits per heavy atom. The van der Waals surface area contributed by atoms with Crippen LogP contribution in [-0.4, -0.2) is 146 Å². The predicted molar refractivity (Wildman–Crippen MR) is 265 cm³/mol. The summed E-state index contributed by atoms with van der Waals surface area (Å²) < 4.78 is 11.0. The molecule has 2 aliphatic heterocycles. The molecular formula is C47H66IN11O12. The standard InChI is InChI=1S/C47H66IN11O12/c1-6-8-16-46(48,7-2)29-20-32(62)59(43(29)67)19-15-31(61)55-33(25(3)4)41(66)53-26(5)40(65)54-28-13-11-27(12-14-28)22-70-45(69)58-47(17-9-10-18-47)44(68)56-34-30(21-60)71-42(37(64)36(34)63)57-39-35-38(50-23-49-35)51-24-52-39/h11-14,23-26,29-30,33-34,36-37,42,60,63-64H,6-10,15-22H2,1-5H3,(H,53,66)(H,54,65)(H,55,61)(H,56,68)(H,58,69)(H2,49,50,51,52,57)/t26-,29?,30-,33-,34-,36+,37-,42-,46?/m0/s1. The number of imide groups is 1. The lowest BCUT2D eigenvalue weighted by Crippen LogP contribution is -2.69. The van der Waals surface area contributed by atoms with Gasteiger partial charge in [-0.3, -0.25) is 33.7 Å². The summed E-state index contributed by atoms with van der Waals surface area (Å²) in [5.41, 5.74) is 0.274. The summed E-state index contributed by atoms with van der Waals surface area (Å²) in [6.07, 6.45) is 1.29. The van der Waals surface area contributed by atoms with Crippen LogP contribution in [0.5, 0.6) is 0 Å².